The van der Waals surface area contributed by atoms with Crippen molar-refractivity contribution in [2.45, 2.75) is 129 Å². The lowest BCUT2D eigenvalue weighted by molar-refractivity contribution is -0.150. The first-order valence-electron chi connectivity index (χ1n) is 24.3. The number of rotatable bonds is 10. The van der Waals surface area contributed by atoms with Crippen LogP contribution in [0.2, 0.25) is 0 Å². The first-order valence-corrected chi connectivity index (χ1v) is 24.3. The van der Waals surface area contributed by atoms with Crippen LogP contribution in [0, 0.1) is 11.3 Å². The Hall–Kier alpha value is -5.89. The third kappa shape index (κ3) is 9.97. The Morgan fingerprint density at radius 1 is 0.985 bits per heavy atom. The van der Waals surface area contributed by atoms with Crippen molar-refractivity contribution in [3.8, 4) is 28.1 Å². The molecule has 7 atom stereocenters. The molecule has 2 fully saturated rings. The Morgan fingerprint density at radius 2 is 1.75 bits per heavy atom. The number of nitrogens with one attached hydrogen (secondary N) is 2. The van der Waals surface area contributed by atoms with Crippen molar-refractivity contribution >= 4 is 34.5 Å². The van der Waals surface area contributed by atoms with Crippen LogP contribution in [0.1, 0.15) is 102 Å². The van der Waals surface area contributed by atoms with Crippen LogP contribution in [0.25, 0.3) is 33.3 Å². The van der Waals surface area contributed by atoms with Gasteiger partial charge in [0.1, 0.15) is 23.9 Å². The minimum Gasteiger partial charge on any atom is -0.508 e. The lowest BCUT2D eigenvalue weighted by Crippen LogP contribution is -2.60. The molecule has 3 aliphatic heterocycles. The molecule has 8 rings (SSSR count). The Labute approximate surface area is 399 Å². The van der Waals surface area contributed by atoms with Crippen LogP contribution in [0.4, 0.5) is 0 Å². The number of benzene rings is 3. The van der Waals surface area contributed by atoms with Crippen molar-refractivity contribution in [1.82, 2.24) is 25.1 Å². The van der Waals surface area contributed by atoms with Crippen molar-refractivity contribution in [1.29, 1.82) is 0 Å². The molecule has 3 N–H and O–H groups in total. The molecule has 5 aromatic rings. The summed E-state index contributed by atoms with van der Waals surface area (Å²) in [5, 5.41) is 18.8. The molecular formula is C55H67N5O8. The molecule has 13 nitrogen and oxygen atoms in total. The van der Waals surface area contributed by atoms with Gasteiger partial charge >= 0.3 is 5.97 Å². The van der Waals surface area contributed by atoms with Crippen LogP contribution in [-0.2, 0) is 52.8 Å². The number of pyridine rings is 1. The van der Waals surface area contributed by atoms with Gasteiger partial charge in [0.05, 0.1) is 36.2 Å². The zero-order valence-corrected chi connectivity index (χ0v) is 40.7. The highest BCUT2D eigenvalue weighted by atomic mass is 16.5. The molecule has 2 amide bonds. The number of esters is 1. The zero-order valence-electron chi connectivity index (χ0n) is 40.7. The summed E-state index contributed by atoms with van der Waals surface area (Å²) >= 11 is 0. The first kappa shape index (κ1) is 48.6. The van der Waals surface area contributed by atoms with Gasteiger partial charge in [0.25, 0.3) is 5.91 Å². The van der Waals surface area contributed by atoms with Gasteiger partial charge < -0.3 is 34.1 Å². The van der Waals surface area contributed by atoms with E-state index in [-0.39, 0.29) is 48.4 Å². The fourth-order valence-corrected chi connectivity index (χ4v) is 10.8. The number of aromatic nitrogens is 2. The maximum atomic E-state index is 14.9. The van der Waals surface area contributed by atoms with Crippen LogP contribution in [0.3, 0.4) is 0 Å². The molecule has 2 aromatic heterocycles. The van der Waals surface area contributed by atoms with Crippen molar-refractivity contribution in [2.24, 2.45) is 11.3 Å². The predicted octanol–water partition coefficient (Wildman–Crippen LogP) is 8.09. The highest BCUT2D eigenvalue weighted by Gasteiger charge is 2.43. The highest BCUT2D eigenvalue weighted by molar-refractivity contribution is 5.97. The number of aryl methyl sites for hydroxylation is 1. The summed E-state index contributed by atoms with van der Waals surface area (Å²) in [7, 11) is 3.30. The van der Waals surface area contributed by atoms with E-state index in [9.17, 15) is 24.3 Å². The Kier molecular flexibility index (Phi) is 14.5. The fraction of sp³-hybridized carbons (Fsp3) is 0.473. The van der Waals surface area contributed by atoms with Gasteiger partial charge in [0, 0.05) is 61.3 Å². The van der Waals surface area contributed by atoms with Crippen LogP contribution < -0.4 is 10.6 Å². The molecule has 3 aromatic carbocycles. The van der Waals surface area contributed by atoms with Gasteiger partial charge in [-0.25, -0.2) is 0 Å². The number of phenolic OH excluding ortho intramolecular Hbond substituents is 1. The van der Waals surface area contributed by atoms with E-state index in [0.29, 0.717) is 50.8 Å². The number of hydrogen-bond acceptors (Lipinski definition) is 10. The molecule has 13 heteroatoms. The van der Waals surface area contributed by atoms with Gasteiger partial charge in [-0.1, -0.05) is 70.2 Å². The molecule has 68 heavy (non-hydrogen) atoms. The number of Topliss-reactive ketones (excluding diaryl/α,β-unsaturated/α-hetero) is 1. The number of aromatic hydroxyl groups is 1. The van der Waals surface area contributed by atoms with E-state index in [1.165, 1.54) is 4.90 Å². The van der Waals surface area contributed by atoms with Crippen LogP contribution in [-0.4, -0.2) is 101 Å². The summed E-state index contributed by atoms with van der Waals surface area (Å²) in [6, 6.07) is 21.9. The lowest BCUT2D eigenvalue weighted by atomic mass is 9.84. The number of ketones is 1. The van der Waals surface area contributed by atoms with E-state index < -0.39 is 47.6 Å². The van der Waals surface area contributed by atoms with Crippen LogP contribution >= 0.6 is 0 Å². The largest absolute Gasteiger partial charge is 0.508 e. The molecule has 0 aliphatic carbocycles. The van der Waals surface area contributed by atoms with Gasteiger partial charge in [-0.3, -0.25) is 29.5 Å². The molecule has 0 spiro atoms. The summed E-state index contributed by atoms with van der Waals surface area (Å²) in [4.78, 5) is 64.1. The fourth-order valence-electron chi connectivity index (χ4n) is 10.8. The number of amides is 2. The number of piperidine rings is 1. The second-order valence-electron chi connectivity index (χ2n) is 20.1. The topological polar surface area (TPSA) is 161 Å². The van der Waals surface area contributed by atoms with Gasteiger partial charge in [0.2, 0.25) is 5.91 Å². The highest BCUT2D eigenvalue weighted by Crippen LogP contribution is 2.42. The second kappa shape index (κ2) is 20.4. The summed E-state index contributed by atoms with van der Waals surface area (Å²) < 4.78 is 20.3. The van der Waals surface area contributed by atoms with Gasteiger partial charge in [-0.2, -0.15) is 0 Å². The first-order chi connectivity index (χ1) is 32.6. The van der Waals surface area contributed by atoms with Gasteiger partial charge in [0.15, 0.2) is 5.78 Å². The summed E-state index contributed by atoms with van der Waals surface area (Å²) in [5.41, 5.74) is 7.58. The molecule has 6 bridgehead atoms. The maximum Gasteiger partial charge on any atom is 0.323 e. The summed E-state index contributed by atoms with van der Waals surface area (Å²) in [6.07, 6.45) is 3.56. The molecular weight excluding hydrogens is 859 g/mol. The number of cyclic esters (lactones) is 1. The number of nitrogens with zero attached hydrogens (tertiary/aromatic N) is 3. The van der Waals surface area contributed by atoms with Gasteiger partial charge in [-0.15, -0.1) is 0 Å². The normalized spacial score (nSPS) is 22.9. The quantitative estimate of drug-likeness (QED) is 0.117. The van der Waals surface area contributed by atoms with Crippen LogP contribution in [0.5, 0.6) is 5.75 Å². The predicted molar refractivity (Wildman–Crippen MR) is 262 cm³/mol. The third-order valence-corrected chi connectivity index (χ3v) is 14.2. The van der Waals surface area contributed by atoms with Crippen molar-refractivity contribution in [3.63, 3.8) is 0 Å². The van der Waals surface area contributed by atoms with Crippen LogP contribution in [0.15, 0.2) is 85.1 Å². The van der Waals surface area contributed by atoms with Crippen molar-refractivity contribution < 1.29 is 38.5 Å². The monoisotopic (exact) mass is 925 g/mol. The van der Waals surface area contributed by atoms with E-state index in [0.717, 1.165) is 50.1 Å². The Balaban J connectivity index is 1.20. The minimum absolute atomic E-state index is 0.0137. The lowest BCUT2D eigenvalue weighted by Gasteiger charge is -2.35. The van der Waals surface area contributed by atoms with E-state index in [2.05, 4.69) is 54.2 Å². The molecule has 0 radical (unpaired) electrons. The number of likely N-dealkylation sites (N-methyl/N-ethyl adjacent to an activating group) is 1. The van der Waals surface area contributed by atoms with E-state index in [1.54, 1.807) is 32.5 Å². The maximum absolute atomic E-state index is 14.9. The SMILES string of the molecule is CCn1c(-c2cccnc2[C@H](C)OC)c2c3cc(ccc31)-c1cc(O)cc(c1)C[C@H](NC(=O)[C@H](C(C)C)N(C)C(=O)[C@H]1OCC[C@H]1c1ccccc1)C(=O)C1CCC[C@H](N1)C(=O)OCC(C)(C)C2. The number of fused-ring (bicyclic) bond motifs is 6. The second-order valence-corrected chi connectivity index (χ2v) is 20.1. The number of ether oxygens (including phenoxy) is 3. The average molecular weight is 926 g/mol. The van der Waals surface area contributed by atoms with Gasteiger partial charge in [-0.05, 0) is 123 Å². The average Bonchev–Trinajstić information content (AvgIpc) is 3.94. The third-order valence-electron chi connectivity index (χ3n) is 14.2. The number of phenols is 1. The Morgan fingerprint density at radius 3 is 2.49 bits per heavy atom. The van der Waals surface area contributed by atoms with E-state index in [1.807, 2.05) is 69.3 Å². The zero-order chi connectivity index (χ0) is 48.4. The standard InChI is InChI=1S/C55H67N5O8/c1-9-60-46-21-20-36-29-41(46)42(49(60)40-17-14-23-56-47(40)33(4)66-8)30-55(5,6)31-68-54(65)44-19-13-18-43(57-44)50(62)45(27-34-25-37(36)28-38(61)26-34)58-52(63)48(32(2)3)59(7)53(64)51-39(22-24-67-51)35-15-11-10-12-16-35/h10-12,14-17,20-21,23,25-26,28-29,32-33,39,43-45,48,51,57,61H,9,13,18-19,22,24,27,30-31H2,1-8H3,(H,58,63)/t33-,39-,43?,44-,45-,48-,51-/m0/s1. The number of hydrogen-bond donors (Lipinski definition) is 3. The molecule has 3 aliphatic rings. The molecule has 0 saturated carbocycles. The summed E-state index contributed by atoms with van der Waals surface area (Å²) in [5.74, 6) is -1.98. The molecule has 5 heterocycles. The number of methoxy groups -OCH3 is 1. The molecule has 1 unspecified atom stereocenters. The minimum atomic E-state index is -1.08. The summed E-state index contributed by atoms with van der Waals surface area (Å²) in [6.45, 7) is 13.3. The number of carbonyl (C=O) groups is 4. The van der Waals surface area contributed by atoms with E-state index >= 15 is 0 Å². The molecule has 360 valence electrons. The van der Waals surface area contributed by atoms with E-state index in [4.69, 9.17) is 19.2 Å². The van der Waals surface area contributed by atoms with Crippen molar-refractivity contribution in [3.05, 3.63) is 107 Å². The smallest absolute Gasteiger partial charge is 0.323 e. The number of carbonyl (C=O) groups excluding carboxylic acids is 4. The Bertz CT molecular complexity index is 2660. The molecule has 2 saturated heterocycles. The van der Waals surface area contributed by atoms with Crippen molar-refractivity contribution in [2.75, 3.05) is 27.4 Å².